The zero-order valence-corrected chi connectivity index (χ0v) is 19.1. The van der Waals surface area contributed by atoms with Gasteiger partial charge in [-0.2, -0.15) is 0 Å². The van der Waals surface area contributed by atoms with Crippen molar-refractivity contribution in [2.45, 2.75) is 52.1 Å². The van der Waals surface area contributed by atoms with Crippen LogP contribution in [0.15, 0.2) is 30.6 Å². The summed E-state index contributed by atoms with van der Waals surface area (Å²) in [5, 5.41) is 2.55. The predicted molar refractivity (Wildman–Crippen MR) is 118 cm³/mol. The van der Waals surface area contributed by atoms with Gasteiger partial charge in [-0.15, -0.1) is 0 Å². The summed E-state index contributed by atoms with van der Waals surface area (Å²) in [5.41, 5.74) is 0.455. The maximum atomic E-state index is 12.5. The lowest BCUT2D eigenvalue weighted by molar-refractivity contribution is -0.155. The fourth-order valence-electron chi connectivity index (χ4n) is 2.80. The number of nitrogens with one attached hydrogen (secondary N) is 1. The van der Waals surface area contributed by atoms with Crippen molar-refractivity contribution in [3.8, 4) is 11.5 Å². The number of methoxy groups -OCH3 is 2. The smallest absolute Gasteiger partial charge is 0.306 e. The van der Waals surface area contributed by atoms with Crippen LogP contribution in [-0.2, 0) is 20.7 Å². The minimum atomic E-state index is -0.606. The van der Waals surface area contributed by atoms with Crippen LogP contribution in [-0.4, -0.2) is 47.4 Å². The Bertz CT molecular complexity index is 968. The molecule has 0 aliphatic heterocycles. The fourth-order valence-corrected chi connectivity index (χ4v) is 2.80. The van der Waals surface area contributed by atoms with Crippen molar-refractivity contribution in [2.75, 3.05) is 19.5 Å². The number of ether oxygens (including phenoxy) is 3. The Morgan fingerprint density at radius 3 is 2.34 bits per heavy atom. The number of aryl methyl sites for hydroxylation is 1. The van der Waals surface area contributed by atoms with Crippen LogP contribution >= 0.6 is 0 Å². The number of amides is 1. The molecule has 32 heavy (non-hydrogen) atoms. The first kappa shape index (κ1) is 24.8. The number of nitrogens with zero attached hydrogens (tertiary/aromatic N) is 2. The molecular weight excluding hydrogens is 414 g/mol. The first-order valence-corrected chi connectivity index (χ1v) is 10.2. The van der Waals surface area contributed by atoms with E-state index in [-0.39, 0.29) is 36.6 Å². The van der Waals surface area contributed by atoms with E-state index < -0.39 is 17.5 Å². The summed E-state index contributed by atoms with van der Waals surface area (Å²) in [5.74, 6) is 0.267. The Balaban J connectivity index is 1.91. The van der Waals surface area contributed by atoms with Crippen LogP contribution in [0.5, 0.6) is 11.5 Å². The summed E-state index contributed by atoms with van der Waals surface area (Å²) in [6.07, 6.45) is 3.27. The summed E-state index contributed by atoms with van der Waals surface area (Å²) in [7, 11) is 3.11. The Kier molecular flexibility index (Phi) is 8.69. The van der Waals surface area contributed by atoms with Gasteiger partial charge < -0.3 is 19.5 Å². The molecule has 0 unspecified atom stereocenters. The molecule has 9 nitrogen and oxygen atoms in total. The van der Waals surface area contributed by atoms with E-state index in [0.29, 0.717) is 17.9 Å². The lowest BCUT2D eigenvalue weighted by Crippen LogP contribution is -2.25. The van der Waals surface area contributed by atoms with Gasteiger partial charge in [0.25, 0.3) is 0 Å². The van der Waals surface area contributed by atoms with E-state index >= 15 is 0 Å². The summed E-state index contributed by atoms with van der Waals surface area (Å²) in [6.45, 7) is 5.27. The van der Waals surface area contributed by atoms with Crippen LogP contribution in [0.3, 0.4) is 0 Å². The molecule has 1 amide bonds. The second kappa shape index (κ2) is 11.2. The normalized spacial score (nSPS) is 10.9. The van der Waals surface area contributed by atoms with Crippen LogP contribution in [0.2, 0.25) is 0 Å². The number of benzene rings is 1. The molecule has 0 aliphatic carbocycles. The topological polar surface area (TPSA) is 117 Å². The van der Waals surface area contributed by atoms with Crippen molar-refractivity contribution in [3.05, 3.63) is 41.9 Å². The first-order chi connectivity index (χ1) is 15.1. The van der Waals surface area contributed by atoms with Crippen LogP contribution in [0.25, 0.3) is 0 Å². The second-order valence-corrected chi connectivity index (χ2v) is 8.04. The van der Waals surface area contributed by atoms with Crippen molar-refractivity contribution >= 4 is 23.5 Å². The van der Waals surface area contributed by atoms with E-state index in [1.165, 1.54) is 12.4 Å². The van der Waals surface area contributed by atoms with Crippen molar-refractivity contribution in [3.63, 3.8) is 0 Å². The highest BCUT2D eigenvalue weighted by atomic mass is 16.6. The van der Waals surface area contributed by atoms with Crippen molar-refractivity contribution < 1.29 is 28.6 Å². The van der Waals surface area contributed by atoms with Crippen LogP contribution in [0, 0.1) is 0 Å². The largest absolute Gasteiger partial charge is 0.493 e. The van der Waals surface area contributed by atoms with E-state index in [1.54, 1.807) is 41.1 Å². The molecule has 0 fully saturated rings. The Morgan fingerprint density at radius 1 is 0.969 bits per heavy atom. The molecule has 2 aromatic rings. The van der Waals surface area contributed by atoms with Gasteiger partial charge in [-0.3, -0.25) is 19.4 Å². The SMILES string of the molecule is COc1ccc(CCC(=O)c2cncc(NC(=O)CCC(=O)OC(C)(C)C)n2)cc1OC. The van der Waals surface area contributed by atoms with Crippen LogP contribution < -0.4 is 14.8 Å². The van der Waals surface area contributed by atoms with Gasteiger partial charge in [-0.05, 0) is 44.9 Å². The zero-order valence-electron chi connectivity index (χ0n) is 19.1. The minimum absolute atomic E-state index is 0.0551. The van der Waals surface area contributed by atoms with E-state index in [0.717, 1.165) is 5.56 Å². The number of carbonyl (C=O) groups is 3. The Hall–Kier alpha value is -3.49. The molecule has 0 saturated carbocycles. The maximum Gasteiger partial charge on any atom is 0.306 e. The van der Waals surface area contributed by atoms with Gasteiger partial charge in [-0.25, -0.2) is 4.98 Å². The molecule has 0 spiro atoms. The van der Waals surface area contributed by atoms with Gasteiger partial charge in [0.1, 0.15) is 11.3 Å². The van der Waals surface area contributed by atoms with Crippen molar-refractivity contribution in [1.82, 2.24) is 9.97 Å². The summed E-state index contributed by atoms with van der Waals surface area (Å²) >= 11 is 0. The molecule has 9 heteroatoms. The van der Waals surface area contributed by atoms with Gasteiger partial charge >= 0.3 is 5.97 Å². The molecule has 0 radical (unpaired) electrons. The average molecular weight is 444 g/mol. The van der Waals surface area contributed by atoms with Gasteiger partial charge in [0.05, 0.1) is 33.0 Å². The highest BCUT2D eigenvalue weighted by Gasteiger charge is 2.18. The number of aromatic nitrogens is 2. The average Bonchev–Trinajstić information content (AvgIpc) is 2.74. The standard InChI is InChI=1S/C23H29N3O6/c1-23(2,3)32-22(29)11-10-21(28)26-20-14-24-13-16(25-20)17(27)8-6-15-7-9-18(30-4)19(12-15)31-5/h7,9,12-14H,6,8,10-11H2,1-5H3,(H,25,26,28). The Morgan fingerprint density at radius 2 is 1.69 bits per heavy atom. The third kappa shape index (κ3) is 7.98. The van der Waals surface area contributed by atoms with Gasteiger partial charge in [0, 0.05) is 12.8 Å². The molecular formula is C23H29N3O6. The summed E-state index contributed by atoms with van der Waals surface area (Å²) in [6, 6.07) is 5.46. The number of rotatable bonds is 10. The molecule has 0 saturated heterocycles. The lowest BCUT2D eigenvalue weighted by atomic mass is 10.1. The molecule has 0 bridgehead atoms. The minimum Gasteiger partial charge on any atom is -0.493 e. The number of ketones is 1. The van der Waals surface area contributed by atoms with E-state index in [1.807, 2.05) is 12.1 Å². The molecule has 1 aromatic heterocycles. The number of hydrogen-bond acceptors (Lipinski definition) is 8. The quantitative estimate of drug-likeness (QED) is 0.439. The maximum absolute atomic E-state index is 12.5. The number of carbonyl (C=O) groups excluding carboxylic acids is 3. The number of Topliss-reactive ketones (excluding diaryl/α,β-unsaturated/α-hetero) is 1. The predicted octanol–water partition coefficient (Wildman–Crippen LogP) is 3.37. The third-order valence-corrected chi connectivity index (χ3v) is 4.25. The molecule has 2 rings (SSSR count). The fraction of sp³-hybridized carbons (Fsp3) is 0.435. The number of anilines is 1. The summed E-state index contributed by atoms with van der Waals surface area (Å²) in [4.78, 5) is 44.5. The highest BCUT2D eigenvalue weighted by molar-refractivity contribution is 5.95. The monoisotopic (exact) mass is 443 g/mol. The van der Waals surface area contributed by atoms with Crippen molar-refractivity contribution in [1.29, 1.82) is 0 Å². The van der Waals surface area contributed by atoms with Gasteiger partial charge in [-0.1, -0.05) is 6.07 Å². The zero-order chi connectivity index (χ0) is 23.7. The molecule has 1 aromatic carbocycles. The number of esters is 1. The molecule has 0 aliphatic rings. The summed E-state index contributed by atoms with van der Waals surface area (Å²) < 4.78 is 15.7. The first-order valence-electron chi connectivity index (χ1n) is 10.2. The Labute approximate surface area is 187 Å². The van der Waals surface area contributed by atoms with E-state index in [4.69, 9.17) is 14.2 Å². The van der Waals surface area contributed by atoms with Gasteiger partial charge in [0.15, 0.2) is 23.1 Å². The lowest BCUT2D eigenvalue weighted by Gasteiger charge is -2.19. The number of hydrogen-bond donors (Lipinski definition) is 1. The van der Waals surface area contributed by atoms with Crippen molar-refractivity contribution in [2.24, 2.45) is 0 Å². The third-order valence-electron chi connectivity index (χ3n) is 4.25. The van der Waals surface area contributed by atoms with Gasteiger partial charge in [0.2, 0.25) is 5.91 Å². The molecule has 1 N–H and O–H groups in total. The second-order valence-electron chi connectivity index (χ2n) is 8.04. The molecule has 1 heterocycles. The molecule has 172 valence electrons. The van der Waals surface area contributed by atoms with E-state index in [2.05, 4.69) is 15.3 Å². The van der Waals surface area contributed by atoms with Crippen LogP contribution in [0.1, 0.15) is 56.1 Å². The van der Waals surface area contributed by atoms with E-state index in [9.17, 15) is 14.4 Å². The van der Waals surface area contributed by atoms with Crippen LogP contribution in [0.4, 0.5) is 5.82 Å². The highest BCUT2D eigenvalue weighted by Crippen LogP contribution is 2.28. The molecule has 0 atom stereocenters.